The number of benzene rings is 1. The van der Waals surface area contributed by atoms with Crippen LogP contribution in [-0.2, 0) is 16.0 Å². The van der Waals surface area contributed by atoms with Crippen LogP contribution in [0.5, 0.6) is 0 Å². The highest BCUT2D eigenvalue weighted by atomic mass is 16.2. The number of nitrogens with one attached hydrogen (secondary N) is 1. The summed E-state index contributed by atoms with van der Waals surface area (Å²) in [6.07, 6.45) is 7.87. The van der Waals surface area contributed by atoms with Gasteiger partial charge in [0.1, 0.15) is 0 Å². The van der Waals surface area contributed by atoms with Gasteiger partial charge in [0.05, 0.1) is 5.41 Å². The summed E-state index contributed by atoms with van der Waals surface area (Å²) in [6, 6.07) is 12.1. The van der Waals surface area contributed by atoms with Crippen LogP contribution in [0.1, 0.15) is 31.7 Å². The Balaban J connectivity index is 1.97. The van der Waals surface area contributed by atoms with Crippen LogP contribution in [0.25, 0.3) is 11.1 Å². The number of amides is 2. The average Bonchev–Trinajstić information content (AvgIpc) is 2.78. The second-order valence-electron chi connectivity index (χ2n) is 7.62. The predicted octanol–water partition coefficient (Wildman–Crippen LogP) is 3.61. The molecule has 1 fully saturated rings. The number of likely N-dealkylation sites (tertiary alicyclic amines) is 1. The van der Waals surface area contributed by atoms with Crippen LogP contribution in [0, 0.1) is 5.41 Å². The molecule has 1 aromatic carbocycles. The van der Waals surface area contributed by atoms with Gasteiger partial charge in [0.25, 0.3) is 0 Å². The molecule has 0 aliphatic carbocycles. The van der Waals surface area contributed by atoms with Crippen LogP contribution in [0.15, 0.2) is 61.4 Å². The Hall–Kier alpha value is -2.95. The van der Waals surface area contributed by atoms with E-state index >= 15 is 0 Å². The second-order valence-corrected chi connectivity index (χ2v) is 7.62. The van der Waals surface area contributed by atoms with Crippen LogP contribution in [-0.4, -0.2) is 41.3 Å². The van der Waals surface area contributed by atoms with Crippen molar-refractivity contribution in [2.75, 3.05) is 19.6 Å². The molecule has 152 valence electrons. The molecule has 0 spiro atoms. The fraction of sp³-hybridized carbons (Fsp3) is 0.375. The van der Waals surface area contributed by atoms with E-state index in [1.54, 1.807) is 18.5 Å². The maximum Gasteiger partial charge on any atom is 0.228 e. The molecule has 1 aliphatic heterocycles. The van der Waals surface area contributed by atoms with Crippen molar-refractivity contribution in [3.8, 4) is 11.1 Å². The summed E-state index contributed by atoms with van der Waals surface area (Å²) in [5.41, 5.74) is 2.65. The summed E-state index contributed by atoms with van der Waals surface area (Å²) in [5, 5.41) is 2.99. The number of carbonyl (C=O) groups excluding carboxylic acids is 2. The van der Waals surface area contributed by atoms with Crippen LogP contribution >= 0.6 is 0 Å². The van der Waals surface area contributed by atoms with E-state index in [-0.39, 0.29) is 11.8 Å². The lowest BCUT2D eigenvalue weighted by molar-refractivity contribution is -0.141. The molecule has 2 aromatic rings. The molecule has 0 saturated carbocycles. The lowest BCUT2D eigenvalue weighted by atomic mass is 9.73. The van der Waals surface area contributed by atoms with Crippen LogP contribution < -0.4 is 5.32 Å². The minimum Gasteiger partial charge on any atom is -0.352 e. The molecule has 1 saturated heterocycles. The number of aromatic nitrogens is 1. The van der Waals surface area contributed by atoms with Crippen molar-refractivity contribution in [1.82, 2.24) is 15.2 Å². The Morgan fingerprint density at radius 1 is 1.24 bits per heavy atom. The Morgan fingerprint density at radius 3 is 2.72 bits per heavy atom. The third kappa shape index (κ3) is 4.73. The average molecular weight is 392 g/mol. The molecule has 0 unspecified atom stereocenters. The highest BCUT2D eigenvalue weighted by molar-refractivity contribution is 5.85. The molecular formula is C24H29N3O2. The fourth-order valence-corrected chi connectivity index (χ4v) is 4.18. The van der Waals surface area contributed by atoms with Crippen molar-refractivity contribution >= 4 is 11.8 Å². The molecule has 29 heavy (non-hydrogen) atoms. The molecule has 5 nitrogen and oxygen atoms in total. The normalized spacial score (nSPS) is 18.9. The van der Waals surface area contributed by atoms with Crippen molar-refractivity contribution in [2.45, 2.75) is 32.6 Å². The summed E-state index contributed by atoms with van der Waals surface area (Å²) in [5.74, 6) is 0.101. The highest BCUT2D eigenvalue weighted by Crippen LogP contribution is 2.37. The molecule has 0 radical (unpaired) electrons. The summed E-state index contributed by atoms with van der Waals surface area (Å²) < 4.78 is 0. The zero-order chi connectivity index (χ0) is 20.7. The number of hydrogen-bond acceptors (Lipinski definition) is 3. The summed E-state index contributed by atoms with van der Waals surface area (Å²) >= 11 is 0. The molecule has 2 amide bonds. The highest BCUT2D eigenvalue weighted by Gasteiger charge is 2.43. The van der Waals surface area contributed by atoms with Gasteiger partial charge in [-0.15, -0.1) is 6.58 Å². The molecule has 1 atom stereocenters. The van der Waals surface area contributed by atoms with E-state index in [9.17, 15) is 9.59 Å². The Labute approximate surface area is 172 Å². The van der Waals surface area contributed by atoms with E-state index in [1.165, 1.54) is 0 Å². The Morgan fingerprint density at radius 2 is 2.00 bits per heavy atom. The van der Waals surface area contributed by atoms with Crippen molar-refractivity contribution < 1.29 is 9.59 Å². The van der Waals surface area contributed by atoms with E-state index in [1.807, 2.05) is 36.1 Å². The third-order valence-corrected chi connectivity index (χ3v) is 5.66. The fourth-order valence-electron chi connectivity index (χ4n) is 4.18. The van der Waals surface area contributed by atoms with Crippen LogP contribution in [0.3, 0.4) is 0 Å². The van der Waals surface area contributed by atoms with Gasteiger partial charge in [-0.1, -0.05) is 37.3 Å². The number of rotatable bonds is 7. The maximum atomic E-state index is 13.3. The topological polar surface area (TPSA) is 62.3 Å². The molecule has 5 heteroatoms. The SMILES string of the molecule is C=CCNC(=O)[C@]1(Cc2ccccc2-c2ccncc2)CCCN(C(=O)CC)C1. The maximum absolute atomic E-state index is 13.3. The largest absolute Gasteiger partial charge is 0.352 e. The number of piperidine rings is 1. The molecule has 2 heterocycles. The van der Waals surface area contributed by atoms with Gasteiger partial charge in [-0.3, -0.25) is 14.6 Å². The number of pyridine rings is 1. The van der Waals surface area contributed by atoms with Gasteiger partial charge in [0.2, 0.25) is 11.8 Å². The number of nitrogens with zero attached hydrogens (tertiary/aromatic N) is 2. The summed E-state index contributed by atoms with van der Waals surface area (Å²) in [6.45, 7) is 7.17. The quantitative estimate of drug-likeness (QED) is 0.734. The molecule has 3 rings (SSSR count). The summed E-state index contributed by atoms with van der Waals surface area (Å²) in [4.78, 5) is 31.7. The number of hydrogen-bond donors (Lipinski definition) is 1. The first-order valence-electron chi connectivity index (χ1n) is 10.2. The molecular weight excluding hydrogens is 362 g/mol. The molecule has 1 N–H and O–H groups in total. The lowest BCUT2D eigenvalue weighted by Gasteiger charge is -2.42. The van der Waals surface area contributed by atoms with E-state index in [2.05, 4.69) is 29.0 Å². The van der Waals surface area contributed by atoms with Gasteiger partial charge < -0.3 is 10.2 Å². The predicted molar refractivity (Wildman–Crippen MR) is 115 cm³/mol. The van der Waals surface area contributed by atoms with Gasteiger partial charge in [-0.25, -0.2) is 0 Å². The first-order valence-corrected chi connectivity index (χ1v) is 10.2. The van der Waals surface area contributed by atoms with Gasteiger partial charge in [0.15, 0.2) is 0 Å². The van der Waals surface area contributed by atoms with Crippen molar-refractivity contribution in [1.29, 1.82) is 0 Å². The third-order valence-electron chi connectivity index (χ3n) is 5.66. The van der Waals surface area contributed by atoms with E-state index in [0.717, 1.165) is 36.1 Å². The molecule has 1 aliphatic rings. The van der Waals surface area contributed by atoms with Crippen molar-refractivity contribution in [3.63, 3.8) is 0 Å². The lowest BCUT2D eigenvalue weighted by Crippen LogP contribution is -2.54. The minimum atomic E-state index is -0.644. The van der Waals surface area contributed by atoms with Crippen molar-refractivity contribution in [2.24, 2.45) is 5.41 Å². The van der Waals surface area contributed by atoms with Gasteiger partial charge in [-0.05, 0) is 48.1 Å². The zero-order valence-corrected chi connectivity index (χ0v) is 17.1. The first-order chi connectivity index (χ1) is 14.1. The van der Waals surface area contributed by atoms with Gasteiger partial charge in [0, 0.05) is 38.4 Å². The van der Waals surface area contributed by atoms with Crippen LogP contribution in [0.2, 0.25) is 0 Å². The van der Waals surface area contributed by atoms with Crippen LogP contribution in [0.4, 0.5) is 0 Å². The van der Waals surface area contributed by atoms with E-state index in [0.29, 0.717) is 25.9 Å². The first kappa shape index (κ1) is 20.8. The number of carbonyl (C=O) groups is 2. The van der Waals surface area contributed by atoms with Gasteiger partial charge in [-0.2, -0.15) is 0 Å². The Kier molecular flexibility index (Phi) is 6.81. The van der Waals surface area contributed by atoms with E-state index in [4.69, 9.17) is 0 Å². The second kappa shape index (κ2) is 9.50. The minimum absolute atomic E-state index is 0.00413. The monoisotopic (exact) mass is 391 g/mol. The molecule has 0 bridgehead atoms. The molecule has 1 aromatic heterocycles. The smallest absolute Gasteiger partial charge is 0.228 e. The van der Waals surface area contributed by atoms with E-state index < -0.39 is 5.41 Å². The van der Waals surface area contributed by atoms with Gasteiger partial charge >= 0.3 is 0 Å². The zero-order valence-electron chi connectivity index (χ0n) is 17.1. The standard InChI is InChI=1S/C24H29N3O2/c1-3-13-26-23(29)24(12-7-16-27(18-24)22(28)4-2)17-20-8-5-6-9-21(20)19-10-14-25-15-11-19/h3,5-6,8-11,14-15H,1,4,7,12-13,16-18H2,2H3,(H,26,29)/t24-/m0/s1. The van der Waals surface area contributed by atoms with Crippen molar-refractivity contribution in [3.05, 3.63) is 67.0 Å². The Bertz CT molecular complexity index is 865. The summed E-state index contributed by atoms with van der Waals surface area (Å²) in [7, 11) is 0.